The van der Waals surface area contributed by atoms with Crippen molar-refractivity contribution >= 4 is 18.0 Å². The van der Waals surface area contributed by atoms with Gasteiger partial charge in [-0.05, 0) is 24.5 Å². The van der Waals surface area contributed by atoms with Gasteiger partial charge in [0.15, 0.2) is 0 Å². The minimum Gasteiger partial charge on any atom is -0.481 e. The number of carbonyl (C=O) groups is 1. The highest BCUT2D eigenvalue weighted by Crippen LogP contribution is 2.28. The Bertz CT molecular complexity index is 665. The molecule has 0 radical (unpaired) electrons. The van der Waals surface area contributed by atoms with Crippen LogP contribution in [0, 0.1) is 5.92 Å². The minimum absolute atomic E-state index is 0.0185. The predicted octanol–water partition coefficient (Wildman–Crippen LogP) is 2.86. The Morgan fingerprint density at radius 2 is 2.00 bits per heavy atom. The summed E-state index contributed by atoms with van der Waals surface area (Å²) in [6, 6.07) is 12.1. The monoisotopic (exact) mass is 297 g/mol. The minimum atomic E-state index is -0.630. The fraction of sp³-hybridized carbons (Fsp3) is 0.235. The molecule has 114 valence electrons. The van der Waals surface area contributed by atoms with Crippen molar-refractivity contribution in [3.63, 3.8) is 0 Å². The number of rotatable bonds is 3. The first-order valence-electron chi connectivity index (χ1n) is 7.07. The number of benzene rings is 1. The lowest BCUT2D eigenvalue weighted by Crippen LogP contribution is -1.97. The van der Waals surface area contributed by atoms with Crippen molar-refractivity contribution < 1.29 is 9.90 Å². The number of hydrogen-bond acceptors (Lipinski definition) is 4. The highest BCUT2D eigenvalue weighted by Gasteiger charge is 2.28. The maximum absolute atomic E-state index is 9.76. The van der Waals surface area contributed by atoms with E-state index in [4.69, 9.17) is 10.8 Å². The lowest BCUT2D eigenvalue weighted by Gasteiger charge is -2.04. The zero-order valence-electron chi connectivity index (χ0n) is 12.4. The van der Waals surface area contributed by atoms with Crippen molar-refractivity contribution in [2.75, 3.05) is 12.8 Å². The van der Waals surface area contributed by atoms with Crippen molar-refractivity contribution in [2.24, 2.45) is 10.9 Å². The number of anilines is 1. The number of aliphatic carboxylic acids is 1. The number of hydrogen-bond donors (Lipinski definition) is 2. The van der Waals surface area contributed by atoms with E-state index < -0.39 is 5.97 Å². The average Bonchev–Trinajstić information content (AvgIpc) is 3.36. The molecule has 5 heteroatoms. The van der Waals surface area contributed by atoms with Gasteiger partial charge in [0.25, 0.3) is 0 Å². The second-order valence-electron chi connectivity index (χ2n) is 5.06. The smallest absolute Gasteiger partial charge is 0.306 e. The summed E-state index contributed by atoms with van der Waals surface area (Å²) in [5.74, 6) is -0.106. The molecule has 1 aromatic carbocycles. The number of nitrogens with two attached hydrogens (primary N) is 1. The standard InChI is InChI=1S/C13H13N3.C4H6O2/c1-15-8-12-7-11(9-16-13(12)14)10-5-3-2-4-6-10;5-4(6)3-1-2-3/h2-9H,1H3,(H2,14,16);3H,1-2H2,(H,5,6). The summed E-state index contributed by atoms with van der Waals surface area (Å²) in [6.07, 6.45) is 5.29. The SMILES string of the molecule is CN=Cc1cc(-c2ccccc2)cnc1N.O=C(O)C1CC1. The first kappa shape index (κ1) is 15.7. The molecule has 1 fully saturated rings. The van der Waals surface area contributed by atoms with Crippen LogP contribution in [0.4, 0.5) is 5.82 Å². The van der Waals surface area contributed by atoms with Gasteiger partial charge in [-0.25, -0.2) is 4.98 Å². The molecule has 2 aromatic rings. The summed E-state index contributed by atoms with van der Waals surface area (Å²) >= 11 is 0. The Kier molecular flexibility index (Phi) is 5.25. The fourth-order valence-corrected chi connectivity index (χ4v) is 1.85. The number of nitrogens with zero attached hydrogens (tertiary/aromatic N) is 2. The van der Waals surface area contributed by atoms with Crippen molar-refractivity contribution in [2.45, 2.75) is 12.8 Å². The van der Waals surface area contributed by atoms with E-state index in [1.54, 1.807) is 19.5 Å². The van der Waals surface area contributed by atoms with Gasteiger partial charge in [-0.15, -0.1) is 0 Å². The second-order valence-corrected chi connectivity index (χ2v) is 5.06. The van der Waals surface area contributed by atoms with E-state index in [2.05, 4.69) is 9.98 Å². The van der Waals surface area contributed by atoms with Crippen LogP contribution >= 0.6 is 0 Å². The van der Waals surface area contributed by atoms with E-state index in [1.807, 2.05) is 36.4 Å². The second kappa shape index (κ2) is 7.36. The fourth-order valence-electron chi connectivity index (χ4n) is 1.85. The molecule has 0 bridgehead atoms. The van der Waals surface area contributed by atoms with Gasteiger partial charge in [-0.1, -0.05) is 30.3 Å². The molecule has 0 atom stereocenters. The van der Waals surface area contributed by atoms with Crippen molar-refractivity contribution in [1.29, 1.82) is 0 Å². The zero-order valence-corrected chi connectivity index (χ0v) is 12.4. The number of nitrogen functional groups attached to an aromatic ring is 1. The number of pyridine rings is 1. The van der Waals surface area contributed by atoms with Gasteiger partial charge in [0.1, 0.15) is 5.82 Å². The van der Waals surface area contributed by atoms with E-state index in [0.29, 0.717) is 5.82 Å². The molecular formula is C17H19N3O2. The molecule has 0 unspecified atom stereocenters. The van der Waals surface area contributed by atoms with Crippen LogP contribution in [0.25, 0.3) is 11.1 Å². The molecule has 1 heterocycles. The number of aliphatic imine (C=N–C) groups is 1. The summed E-state index contributed by atoms with van der Waals surface area (Å²) in [6.45, 7) is 0. The average molecular weight is 297 g/mol. The summed E-state index contributed by atoms with van der Waals surface area (Å²) < 4.78 is 0. The van der Waals surface area contributed by atoms with Crippen molar-refractivity contribution in [1.82, 2.24) is 4.98 Å². The number of carboxylic acids is 1. The van der Waals surface area contributed by atoms with Crippen LogP contribution in [0.15, 0.2) is 47.6 Å². The Balaban J connectivity index is 0.000000246. The van der Waals surface area contributed by atoms with Crippen LogP contribution in [-0.2, 0) is 4.79 Å². The Hall–Kier alpha value is -2.69. The summed E-state index contributed by atoms with van der Waals surface area (Å²) in [7, 11) is 1.72. The van der Waals surface area contributed by atoms with Crippen LogP contribution in [0.1, 0.15) is 18.4 Å². The third kappa shape index (κ3) is 4.41. The molecule has 0 saturated heterocycles. The van der Waals surface area contributed by atoms with E-state index in [1.165, 1.54) is 0 Å². The molecule has 3 N–H and O–H groups in total. The molecule has 1 aliphatic rings. The van der Waals surface area contributed by atoms with Crippen LogP contribution in [0.2, 0.25) is 0 Å². The van der Waals surface area contributed by atoms with Gasteiger partial charge in [-0.2, -0.15) is 0 Å². The van der Waals surface area contributed by atoms with Gasteiger partial charge >= 0.3 is 5.97 Å². The maximum atomic E-state index is 9.76. The summed E-state index contributed by atoms with van der Waals surface area (Å²) in [4.78, 5) is 17.9. The quantitative estimate of drug-likeness (QED) is 0.853. The largest absolute Gasteiger partial charge is 0.481 e. The van der Waals surface area contributed by atoms with Gasteiger partial charge in [0.2, 0.25) is 0 Å². The number of aromatic nitrogens is 1. The molecule has 0 amide bonds. The van der Waals surface area contributed by atoms with E-state index in [9.17, 15) is 4.79 Å². The highest BCUT2D eigenvalue weighted by molar-refractivity contribution is 5.87. The molecule has 22 heavy (non-hydrogen) atoms. The molecule has 1 aromatic heterocycles. The van der Waals surface area contributed by atoms with E-state index >= 15 is 0 Å². The highest BCUT2D eigenvalue weighted by atomic mass is 16.4. The van der Waals surface area contributed by atoms with Crippen LogP contribution in [0.5, 0.6) is 0 Å². The molecule has 0 aliphatic heterocycles. The molecular weight excluding hydrogens is 278 g/mol. The first-order chi connectivity index (χ1) is 10.6. The molecule has 0 spiro atoms. The normalized spacial score (nSPS) is 13.5. The molecule has 1 aliphatic carbocycles. The molecule has 3 rings (SSSR count). The van der Waals surface area contributed by atoms with Gasteiger partial charge in [0.05, 0.1) is 5.92 Å². The van der Waals surface area contributed by atoms with E-state index in [-0.39, 0.29) is 5.92 Å². The zero-order chi connectivity index (χ0) is 15.9. The van der Waals surface area contributed by atoms with Gasteiger partial charge < -0.3 is 10.8 Å². The maximum Gasteiger partial charge on any atom is 0.306 e. The Morgan fingerprint density at radius 1 is 1.32 bits per heavy atom. The van der Waals surface area contributed by atoms with E-state index in [0.717, 1.165) is 29.5 Å². The third-order valence-corrected chi connectivity index (χ3v) is 3.25. The van der Waals surface area contributed by atoms with Crippen molar-refractivity contribution in [3.05, 3.63) is 48.2 Å². The lowest BCUT2D eigenvalue weighted by atomic mass is 10.1. The predicted molar refractivity (Wildman–Crippen MR) is 88.0 cm³/mol. The summed E-state index contributed by atoms with van der Waals surface area (Å²) in [5, 5.41) is 8.05. The molecule has 1 saturated carbocycles. The topological polar surface area (TPSA) is 88.6 Å². The van der Waals surface area contributed by atoms with Crippen LogP contribution in [-0.4, -0.2) is 29.3 Å². The van der Waals surface area contributed by atoms with Gasteiger partial charge in [0, 0.05) is 30.6 Å². The Morgan fingerprint density at radius 3 is 2.50 bits per heavy atom. The van der Waals surface area contributed by atoms with Crippen LogP contribution < -0.4 is 5.73 Å². The lowest BCUT2D eigenvalue weighted by molar-refractivity contribution is -0.138. The Labute approximate surface area is 129 Å². The van der Waals surface area contributed by atoms with Crippen molar-refractivity contribution in [3.8, 4) is 11.1 Å². The number of carboxylic acid groups (broad SMARTS) is 1. The van der Waals surface area contributed by atoms with Gasteiger partial charge in [-0.3, -0.25) is 9.79 Å². The first-order valence-corrected chi connectivity index (χ1v) is 7.07. The van der Waals surface area contributed by atoms with Crippen LogP contribution in [0.3, 0.4) is 0 Å². The molecule has 5 nitrogen and oxygen atoms in total. The summed E-state index contributed by atoms with van der Waals surface area (Å²) in [5.41, 5.74) is 8.77. The third-order valence-electron chi connectivity index (χ3n) is 3.25.